The summed E-state index contributed by atoms with van der Waals surface area (Å²) in [4.78, 5) is 12.0. The fourth-order valence-corrected chi connectivity index (χ4v) is 7.34. The standard InChI is InChI=1S/C32H55NO23/c1-7-24(18(41)20(43)28(47)48-7)54-30-22(45)19(42)25(8(2)49-30)55-32-27(56-31-21(44)17(40)15(38)12(6-35)52-31)23(46)26(9(3)50-32)53-29-13(33-10(4)36)16(39)14(37)11(5-34)51-29/h7-9,11-32,34-35,37-47H,5-6H2,1-4H3,(H,33,36)/t7-,8-,9-,11+,12+,13+,14+,15+,16+,17-,18-,19-,20+,21+,22+,23+,24-,25-,26-,27+,28-,29-,30-,31-,32-/m0/s1. The molecule has 5 aliphatic heterocycles. The molecule has 0 aliphatic carbocycles. The van der Waals surface area contributed by atoms with Crippen molar-refractivity contribution in [3.8, 4) is 0 Å². The predicted octanol–water partition coefficient (Wildman–Crippen LogP) is -8.70. The number of nitrogens with one attached hydrogen (secondary N) is 1. The van der Waals surface area contributed by atoms with Gasteiger partial charge in [-0.15, -0.1) is 0 Å². The van der Waals surface area contributed by atoms with Crippen LogP contribution in [0.5, 0.6) is 0 Å². The van der Waals surface area contributed by atoms with Gasteiger partial charge in [0.1, 0.15) is 104 Å². The van der Waals surface area contributed by atoms with Crippen LogP contribution in [0.4, 0.5) is 0 Å². The fourth-order valence-electron chi connectivity index (χ4n) is 7.34. The summed E-state index contributed by atoms with van der Waals surface area (Å²) in [6, 6.07) is -1.45. The maximum Gasteiger partial charge on any atom is 0.217 e. The first-order valence-corrected chi connectivity index (χ1v) is 18.2. The van der Waals surface area contributed by atoms with Crippen LogP contribution in [0.2, 0.25) is 0 Å². The fraction of sp³-hybridized carbons (Fsp3) is 0.969. The van der Waals surface area contributed by atoms with Crippen LogP contribution in [0, 0.1) is 0 Å². The van der Waals surface area contributed by atoms with E-state index in [4.69, 9.17) is 42.6 Å². The summed E-state index contributed by atoms with van der Waals surface area (Å²) >= 11 is 0. The van der Waals surface area contributed by atoms with Crippen molar-refractivity contribution in [2.45, 2.75) is 181 Å². The average molecular weight is 822 g/mol. The third kappa shape index (κ3) is 9.31. The highest BCUT2D eigenvalue weighted by Crippen LogP contribution is 2.36. The lowest BCUT2D eigenvalue weighted by molar-refractivity contribution is -0.399. The molecule has 0 radical (unpaired) electrons. The summed E-state index contributed by atoms with van der Waals surface area (Å²) in [5, 5.41) is 139. The SMILES string of the molecule is CC(=O)N[C@H]1[C@H](O[C@@H]2[C@@H](O)[C@@H](O[C@@H]3O[C@H](CO)[C@@H](O)[C@H](O)[C@H]3O)[C@H](O[C@@H]3[C@@H](O)[C@@H](O)[C@H](O[C@@H]4[C@@H](O)[C@@H](O)[C@@H](O)O[C@H]4C)O[C@H]3C)O[C@H]2C)O[C@H](CO)[C@@H](O)[C@@H]1O. The van der Waals surface area contributed by atoms with Crippen molar-refractivity contribution in [1.29, 1.82) is 0 Å². The Hall–Kier alpha value is -1.41. The first kappa shape index (κ1) is 45.7. The van der Waals surface area contributed by atoms with Crippen LogP contribution in [0.25, 0.3) is 0 Å². The predicted molar refractivity (Wildman–Crippen MR) is 174 cm³/mol. The normalized spacial score (nSPS) is 53.1. The monoisotopic (exact) mass is 821 g/mol. The van der Waals surface area contributed by atoms with E-state index >= 15 is 0 Å². The van der Waals surface area contributed by atoms with Crippen molar-refractivity contribution in [3.05, 3.63) is 0 Å². The molecule has 0 aromatic rings. The van der Waals surface area contributed by atoms with Gasteiger partial charge in [0.2, 0.25) is 5.91 Å². The van der Waals surface area contributed by atoms with Gasteiger partial charge in [-0.25, -0.2) is 0 Å². The molecule has 5 heterocycles. The second-order valence-electron chi connectivity index (χ2n) is 14.6. The van der Waals surface area contributed by atoms with Gasteiger partial charge in [-0.1, -0.05) is 0 Å². The molecular weight excluding hydrogens is 766 g/mol. The number of ether oxygens (including phenoxy) is 9. The van der Waals surface area contributed by atoms with Gasteiger partial charge in [0, 0.05) is 6.92 Å². The minimum Gasteiger partial charge on any atom is -0.394 e. The van der Waals surface area contributed by atoms with E-state index in [1.807, 2.05) is 0 Å². The van der Waals surface area contributed by atoms with E-state index in [1.54, 1.807) is 0 Å². The van der Waals surface area contributed by atoms with E-state index < -0.39 is 173 Å². The van der Waals surface area contributed by atoms with Gasteiger partial charge < -0.3 is 114 Å². The molecule has 5 saturated heterocycles. The van der Waals surface area contributed by atoms with Crippen molar-refractivity contribution in [1.82, 2.24) is 5.32 Å². The van der Waals surface area contributed by atoms with Gasteiger partial charge in [0.15, 0.2) is 31.5 Å². The average Bonchev–Trinajstić information content (AvgIpc) is 3.15. The third-order valence-electron chi connectivity index (χ3n) is 10.6. The van der Waals surface area contributed by atoms with Gasteiger partial charge in [0.05, 0.1) is 31.5 Å². The molecule has 14 N–H and O–H groups in total. The van der Waals surface area contributed by atoms with Crippen LogP contribution in [-0.4, -0.2) is 239 Å². The van der Waals surface area contributed by atoms with Crippen molar-refractivity contribution in [2.75, 3.05) is 13.2 Å². The Morgan fingerprint density at radius 2 is 0.875 bits per heavy atom. The van der Waals surface area contributed by atoms with E-state index in [0.29, 0.717) is 0 Å². The topological polar surface area (TPSA) is 375 Å². The molecule has 0 aromatic heterocycles. The van der Waals surface area contributed by atoms with Crippen LogP contribution >= 0.6 is 0 Å². The molecule has 5 aliphatic rings. The van der Waals surface area contributed by atoms with Crippen LogP contribution in [-0.2, 0) is 47.4 Å². The number of hydrogen-bond acceptors (Lipinski definition) is 23. The van der Waals surface area contributed by atoms with Crippen LogP contribution in [0.1, 0.15) is 27.7 Å². The largest absolute Gasteiger partial charge is 0.394 e. The Bertz CT molecular complexity index is 1270. The number of carbonyl (C=O) groups excluding carboxylic acids is 1. The summed E-state index contributed by atoms with van der Waals surface area (Å²) in [6.07, 6.45) is -39.4. The Kier molecular flexibility index (Phi) is 15.4. The zero-order chi connectivity index (χ0) is 41.5. The molecule has 0 unspecified atom stereocenters. The second kappa shape index (κ2) is 18.9. The molecule has 25 atom stereocenters. The lowest BCUT2D eigenvalue weighted by atomic mass is 9.95. The third-order valence-corrected chi connectivity index (χ3v) is 10.6. The quantitative estimate of drug-likeness (QED) is 0.0920. The molecule has 56 heavy (non-hydrogen) atoms. The summed E-state index contributed by atoms with van der Waals surface area (Å²) in [7, 11) is 0. The van der Waals surface area contributed by atoms with E-state index in [9.17, 15) is 71.2 Å². The molecule has 0 saturated carbocycles. The second-order valence-corrected chi connectivity index (χ2v) is 14.6. The van der Waals surface area contributed by atoms with E-state index in [-0.39, 0.29) is 0 Å². The Morgan fingerprint density at radius 3 is 1.45 bits per heavy atom. The molecule has 0 aromatic carbocycles. The minimum absolute atomic E-state index is 0.668. The van der Waals surface area contributed by atoms with Gasteiger partial charge in [-0.05, 0) is 20.8 Å². The van der Waals surface area contributed by atoms with Gasteiger partial charge >= 0.3 is 0 Å². The van der Waals surface area contributed by atoms with Gasteiger partial charge in [0.25, 0.3) is 0 Å². The Labute approximate surface area is 319 Å². The van der Waals surface area contributed by atoms with Crippen LogP contribution < -0.4 is 5.32 Å². The van der Waals surface area contributed by atoms with Crippen molar-refractivity contribution < 1.29 is 114 Å². The summed E-state index contributed by atoms with van der Waals surface area (Å²) in [5.74, 6) is -0.668. The highest BCUT2D eigenvalue weighted by atomic mass is 16.8. The smallest absolute Gasteiger partial charge is 0.217 e. The lowest BCUT2D eigenvalue weighted by Crippen LogP contribution is -2.69. The van der Waals surface area contributed by atoms with Crippen molar-refractivity contribution >= 4 is 5.91 Å². The summed E-state index contributed by atoms with van der Waals surface area (Å²) in [6.45, 7) is 3.69. The number of aliphatic hydroxyl groups excluding tert-OH is 13. The molecule has 24 heteroatoms. The molecule has 0 spiro atoms. The number of hydrogen-bond donors (Lipinski definition) is 14. The molecule has 24 nitrogen and oxygen atoms in total. The van der Waals surface area contributed by atoms with Crippen molar-refractivity contribution in [3.63, 3.8) is 0 Å². The highest BCUT2D eigenvalue weighted by molar-refractivity contribution is 5.73. The number of rotatable bonds is 11. The van der Waals surface area contributed by atoms with E-state index in [2.05, 4.69) is 5.32 Å². The van der Waals surface area contributed by atoms with Crippen LogP contribution in [0.3, 0.4) is 0 Å². The highest BCUT2D eigenvalue weighted by Gasteiger charge is 2.56. The summed E-state index contributed by atoms with van der Waals surface area (Å²) < 4.78 is 51.7. The molecule has 0 bridgehead atoms. The molecule has 5 rings (SSSR count). The molecular formula is C32H55NO23. The van der Waals surface area contributed by atoms with E-state index in [1.165, 1.54) is 20.8 Å². The van der Waals surface area contributed by atoms with Gasteiger partial charge in [-0.2, -0.15) is 0 Å². The zero-order valence-electron chi connectivity index (χ0n) is 30.7. The zero-order valence-corrected chi connectivity index (χ0v) is 30.7. The number of aliphatic hydroxyl groups is 13. The molecule has 1 amide bonds. The van der Waals surface area contributed by atoms with Crippen LogP contribution in [0.15, 0.2) is 0 Å². The molecule has 326 valence electrons. The summed E-state index contributed by atoms with van der Waals surface area (Å²) in [5.41, 5.74) is 0. The minimum atomic E-state index is -1.99. The first-order chi connectivity index (χ1) is 26.3. The lowest BCUT2D eigenvalue weighted by Gasteiger charge is -2.50. The van der Waals surface area contributed by atoms with Crippen molar-refractivity contribution in [2.24, 2.45) is 0 Å². The first-order valence-electron chi connectivity index (χ1n) is 18.2. The Balaban J connectivity index is 1.38. The number of carbonyl (C=O) groups is 1. The maximum atomic E-state index is 12.0. The van der Waals surface area contributed by atoms with E-state index in [0.717, 1.165) is 6.92 Å². The maximum absolute atomic E-state index is 12.0. The number of amides is 1. The Morgan fingerprint density at radius 1 is 0.464 bits per heavy atom. The van der Waals surface area contributed by atoms with Gasteiger partial charge in [-0.3, -0.25) is 4.79 Å². The molecule has 5 fully saturated rings.